The van der Waals surface area contributed by atoms with Crippen molar-refractivity contribution in [3.8, 4) is 0 Å². The fourth-order valence-corrected chi connectivity index (χ4v) is 3.70. The summed E-state index contributed by atoms with van der Waals surface area (Å²) in [4.78, 5) is 15.8. The van der Waals surface area contributed by atoms with Crippen molar-refractivity contribution >= 4 is 33.8 Å². The third-order valence-corrected chi connectivity index (χ3v) is 7.36. The second-order valence-corrected chi connectivity index (χ2v) is 18.8. The molecule has 0 aliphatic heterocycles. The van der Waals surface area contributed by atoms with Gasteiger partial charge in [-0.05, 0) is 0 Å². The van der Waals surface area contributed by atoms with Crippen molar-refractivity contribution in [2.45, 2.75) is 19.8 Å². The standard InChI is InChI=1S/C5H5N2S.3CH3.Sn/c1-8-5-4-6-2-3-7-5;;;;/h3-4H,1H3;3*1H3;. The second-order valence-electron chi connectivity index (χ2n) is 3.69. The van der Waals surface area contributed by atoms with E-state index < -0.39 is 18.4 Å². The van der Waals surface area contributed by atoms with E-state index in [1.54, 1.807) is 11.8 Å². The predicted molar refractivity (Wildman–Crippen MR) is 56.8 cm³/mol. The fourth-order valence-electron chi connectivity index (χ4n) is 0.809. The van der Waals surface area contributed by atoms with Crippen LogP contribution in [0.15, 0.2) is 17.4 Å². The molecule has 1 aromatic heterocycles. The molecule has 1 rings (SSSR count). The molecule has 1 heterocycles. The van der Waals surface area contributed by atoms with Crippen LogP contribution in [0.25, 0.3) is 0 Å². The number of hydrogen-bond donors (Lipinski definition) is 0. The summed E-state index contributed by atoms with van der Waals surface area (Å²) in [5, 5.41) is 1.01. The van der Waals surface area contributed by atoms with Gasteiger partial charge in [-0.15, -0.1) is 0 Å². The molecule has 0 aliphatic carbocycles. The molecule has 12 heavy (non-hydrogen) atoms. The van der Waals surface area contributed by atoms with Crippen molar-refractivity contribution in [1.82, 2.24) is 9.97 Å². The van der Waals surface area contributed by atoms with E-state index in [0.29, 0.717) is 0 Å². The molecule has 1 aromatic rings. The molecular weight excluding hydrogens is 275 g/mol. The van der Waals surface area contributed by atoms with Crippen LogP contribution in [0.1, 0.15) is 0 Å². The molecule has 0 amide bonds. The monoisotopic (exact) mass is 290 g/mol. The summed E-state index contributed by atoms with van der Waals surface area (Å²) in [7, 11) is 0. The molecule has 0 aromatic carbocycles. The molecule has 0 unspecified atom stereocenters. The van der Waals surface area contributed by atoms with E-state index in [1.165, 1.54) is 3.71 Å². The Morgan fingerprint density at radius 1 is 1.17 bits per heavy atom. The summed E-state index contributed by atoms with van der Waals surface area (Å²) in [6.45, 7) is 0. The first kappa shape index (κ1) is 10.3. The molecular formula is C8H14N2SSn. The summed E-state index contributed by atoms with van der Waals surface area (Å²) in [5.41, 5.74) is 0. The molecule has 0 radical (unpaired) electrons. The fraction of sp³-hybridized carbons (Fsp3) is 0.500. The van der Waals surface area contributed by atoms with Crippen LogP contribution in [0.4, 0.5) is 0 Å². The maximum absolute atomic E-state index is 4.43. The summed E-state index contributed by atoms with van der Waals surface area (Å²) >= 11 is -0.307. The Kier molecular flexibility index (Phi) is 3.40. The predicted octanol–water partition coefficient (Wildman–Crippen LogP) is 1.74. The van der Waals surface area contributed by atoms with Crippen LogP contribution in [0.5, 0.6) is 0 Å². The normalized spacial score (nSPS) is 11.7. The first-order valence-corrected chi connectivity index (χ1v) is 15.1. The molecule has 0 saturated carbocycles. The van der Waals surface area contributed by atoms with Crippen LogP contribution in [0.3, 0.4) is 0 Å². The van der Waals surface area contributed by atoms with Crippen LogP contribution in [-0.4, -0.2) is 34.6 Å². The Morgan fingerprint density at radius 3 is 2.17 bits per heavy atom. The van der Waals surface area contributed by atoms with E-state index in [1.807, 2.05) is 18.6 Å². The van der Waals surface area contributed by atoms with Gasteiger partial charge in [0.15, 0.2) is 0 Å². The summed E-state index contributed by atoms with van der Waals surface area (Å²) in [5.74, 6) is 0. The average Bonchev–Trinajstić information content (AvgIpc) is 2.03. The van der Waals surface area contributed by atoms with Gasteiger partial charge in [0.2, 0.25) is 0 Å². The zero-order valence-electron chi connectivity index (χ0n) is 7.96. The Morgan fingerprint density at radius 2 is 1.83 bits per heavy atom. The van der Waals surface area contributed by atoms with Crippen molar-refractivity contribution in [3.63, 3.8) is 0 Å². The number of nitrogens with zero attached hydrogens (tertiary/aromatic N) is 2. The van der Waals surface area contributed by atoms with E-state index in [-0.39, 0.29) is 0 Å². The molecule has 0 atom stereocenters. The van der Waals surface area contributed by atoms with Crippen molar-refractivity contribution in [2.75, 3.05) is 6.26 Å². The molecule has 2 nitrogen and oxygen atoms in total. The van der Waals surface area contributed by atoms with Gasteiger partial charge in [0.1, 0.15) is 0 Å². The van der Waals surface area contributed by atoms with Gasteiger partial charge in [0, 0.05) is 0 Å². The first-order chi connectivity index (χ1) is 5.54. The van der Waals surface area contributed by atoms with Crippen LogP contribution in [-0.2, 0) is 0 Å². The molecule has 0 N–H and O–H groups in total. The summed E-state index contributed by atoms with van der Waals surface area (Å²) in [6.07, 6.45) is 5.84. The Balaban J connectivity index is 2.93. The number of rotatable bonds is 2. The Labute approximate surface area is 82.1 Å². The van der Waals surface area contributed by atoms with E-state index >= 15 is 0 Å². The summed E-state index contributed by atoms with van der Waals surface area (Å²) in [6, 6.07) is 0. The minimum absolute atomic E-state index is 1.01. The topological polar surface area (TPSA) is 25.8 Å². The van der Waals surface area contributed by atoms with Gasteiger partial charge in [-0.3, -0.25) is 0 Å². The van der Waals surface area contributed by atoms with Crippen molar-refractivity contribution in [2.24, 2.45) is 0 Å². The zero-order valence-corrected chi connectivity index (χ0v) is 11.6. The van der Waals surface area contributed by atoms with Gasteiger partial charge in [-0.1, -0.05) is 0 Å². The minimum atomic E-state index is -1.94. The Bertz CT molecular complexity index is 253. The van der Waals surface area contributed by atoms with Crippen LogP contribution in [0.2, 0.25) is 14.8 Å². The van der Waals surface area contributed by atoms with Crippen LogP contribution < -0.4 is 3.71 Å². The second kappa shape index (κ2) is 3.96. The maximum atomic E-state index is 4.43. The molecule has 0 spiro atoms. The molecule has 0 saturated heterocycles. The quantitative estimate of drug-likeness (QED) is 0.612. The first-order valence-electron chi connectivity index (χ1n) is 3.90. The van der Waals surface area contributed by atoms with Gasteiger partial charge in [0.25, 0.3) is 0 Å². The molecule has 66 valence electrons. The Hall–Kier alpha value is 0.229. The third-order valence-electron chi connectivity index (χ3n) is 1.61. The van der Waals surface area contributed by atoms with Crippen LogP contribution in [0, 0.1) is 0 Å². The zero-order chi connectivity index (χ0) is 9.19. The van der Waals surface area contributed by atoms with Gasteiger partial charge in [-0.25, -0.2) is 0 Å². The van der Waals surface area contributed by atoms with Crippen molar-refractivity contribution in [3.05, 3.63) is 12.4 Å². The van der Waals surface area contributed by atoms with Crippen molar-refractivity contribution < 1.29 is 0 Å². The van der Waals surface area contributed by atoms with E-state index in [4.69, 9.17) is 0 Å². The number of hydrogen-bond acceptors (Lipinski definition) is 3. The molecule has 0 aliphatic rings. The van der Waals surface area contributed by atoms with E-state index in [0.717, 1.165) is 5.03 Å². The number of aromatic nitrogens is 2. The third kappa shape index (κ3) is 2.62. The van der Waals surface area contributed by atoms with Gasteiger partial charge in [-0.2, -0.15) is 0 Å². The molecule has 4 heteroatoms. The summed E-state index contributed by atoms with van der Waals surface area (Å²) < 4.78 is 1.25. The molecule has 0 fully saturated rings. The molecule has 0 bridgehead atoms. The van der Waals surface area contributed by atoms with Crippen LogP contribution >= 0.6 is 11.8 Å². The van der Waals surface area contributed by atoms with E-state index in [9.17, 15) is 0 Å². The van der Waals surface area contributed by atoms with Gasteiger partial charge in [0.05, 0.1) is 0 Å². The van der Waals surface area contributed by atoms with E-state index in [2.05, 4.69) is 24.8 Å². The SMILES string of the molecule is CSc1cn[c]([Sn]([CH3])([CH3])[CH3])cn1. The van der Waals surface area contributed by atoms with Crippen molar-refractivity contribution in [1.29, 1.82) is 0 Å². The number of thioether (sulfide) groups is 1. The van der Waals surface area contributed by atoms with Gasteiger partial charge >= 0.3 is 82.3 Å². The van der Waals surface area contributed by atoms with Gasteiger partial charge < -0.3 is 0 Å². The average molecular weight is 289 g/mol.